The van der Waals surface area contributed by atoms with E-state index in [1.54, 1.807) is 24.3 Å². The number of rotatable bonds is 6. The molecule has 0 radical (unpaired) electrons. The summed E-state index contributed by atoms with van der Waals surface area (Å²) in [6.07, 6.45) is 2.49. The van der Waals surface area contributed by atoms with Crippen LogP contribution in [0.3, 0.4) is 0 Å². The van der Waals surface area contributed by atoms with Gasteiger partial charge in [0.1, 0.15) is 5.69 Å². The van der Waals surface area contributed by atoms with Crippen molar-refractivity contribution in [1.82, 2.24) is 14.8 Å². The molecule has 1 saturated heterocycles. The molecule has 1 aromatic rings. The number of carbonyl (C=O) groups excluding carboxylic acids is 2. The Bertz CT molecular complexity index is 497. The van der Waals surface area contributed by atoms with E-state index in [0.717, 1.165) is 31.0 Å². The minimum Gasteiger partial charge on any atom is -0.461 e. The first-order chi connectivity index (χ1) is 10.1. The Morgan fingerprint density at radius 3 is 2.81 bits per heavy atom. The van der Waals surface area contributed by atoms with Crippen molar-refractivity contribution in [3.8, 4) is 0 Å². The monoisotopic (exact) mass is 311 g/mol. The molecule has 0 spiro atoms. The summed E-state index contributed by atoms with van der Waals surface area (Å²) in [4.78, 5) is 31.9. The number of amides is 1. The lowest BCUT2D eigenvalue weighted by atomic mass is 10.4. The first-order valence-corrected chi connectivity index (χ1v) is 8.10. The van der Waals surface area contributed by atoms with E-state index in [0.29, 0.717) is 18.8 Å². The SMILES string of the molecule is CCOC(=O)c1nc(C(=O)N(C)CCN2CCCC2)cs1. The van der Waals surface area contributed by atoms with Gasteiger partial charge in [-0.2, -0.15) is 0 Å². The zero-order valence-electron chi connectivity index (χ0n) is 12.5. The Morgan fingerprint density at radius 2 is 2.14 bits per heavy atom. The molecule has 21 heavy (non-hydrogen) atoms. The number of thiazole rings is 1. The Balaban J connectivity index is 1.87. The highest BCUT2D eigenvalue weighted by Crippen LogP contribution is 2.13. The van der Waals surface area contributed by atoms with E-state index < -0.39 is 5.97 Å². The normalized spacial score (nSPS) is 15.1. The van der Waals surface area contributed by atoms with Gasteiger partial charge in [-0.25, -0.2) is 9.78 Å². The highest BCUT2D eigenvalue weighted by Gasteiger charge is 2.20. The predicted molar refractivity (Wildman–Crippen MR) is 80.7 cm³/mol. The van der Waals surface area contributed by atoms with Crippen molar-refractivity contribution >= 4 is 23.2 Å². The molecule has 0 N–H and O–H groups in total. The lowest BCUT2D eigenvalue weighted by Crippen LogP contribution is -2.35. The second-order valence-corrected chi connectivity index (χ2v) is 5.89. The van der Waals surface area contributed by atoms with Crippen LogP contribution in [-0.4, -0.2) is 66.5 Å². The molecule has 1 fully saturated rings. The van der Waals surface area contributed by atoms with Gasteiger partial charge in [0.25, 0.3) is 5.91 Å². The maximum Gasteiger partial charge on any atom is 0.367 e. The minimum atomic E-state index is -0.471. The van der Waals surface area contributed by atoms with Crippen molar-refractivity contribution < 1.29 is 14.3 Å². The van der Waals surface area contributed by atoms with E-state index in [1.807, 2.05) is 0 Å². The van der Waals surface area contributed by atoms with Gasteiger partial charge in [-0.1, -0.05) is 0 Å². The molecule has 6 nitrogen and oxygen atoms in total. The van der Waals surface area contributed by atoms with Crippen molar-refractivity contribution in [2.24, 2.45) is 0 Å². The molecule has 1 amide bonds. The van der Waals surface area contributed by atoms with Crippen LogP contribution in [-0.2, 0) is 4.74 Å². The largest absolute Gasteiger partial charge is 0.461 e. The lowest BCUT2D eigenvalue weighted by Gasteiger charge is -2.20. The highest BCUT2D eigenvalue weighted by molar-refractivity contribution is 7.11. The first-order valence-electron chi connectivity index (χ1n) is 7.22. The second-order valence-electron chi connectivity index (χ2n) is 5.03. The Labute approximate surface area is 128 Å². The Hall–Kier alpha value is -1.47. The van der Waals surface area contributed by atoms with Gasteiger partial charge in [0.05, 0.1) is 6.61 Å². The van der Waals surface area contributed by atoms with Crippen LogP contribution < -0.4 is 0 Å². The van der Waals surface area contributed by atoms with Crippen LogP contribution in [0, 0.1) is 0 Å². The Morgan fingerprint density at radius 1 is 1.43 bits per heavy atom. The quantitative estimate of drug-likeness (QED) is 0.745. The smallest absolute Gasteiger partial charge is 0.367 e. The van der Waals surface area contributed by atoms with Gasteiger partial charge in [-0.15, -0.1) is 11.3 Å². The molecule has 7 heteroatoms. The zero-order valence-corrected chi connectivity index (χ0v) is 13.3. The Kier molecular flexibility index (Phi) is 5.69. The van der Waals surface area contributed by atoms with E-state index in [9.17, 15) is 9.59 Å². The van der Waals surface area contributed by atoms with E-state index in [1.165, 1.54) is 12.8 Å². The molecule has 0 saturated carbocycles. The van der Waals surface area contributed by atoms with Crippen LogP contribution in [0.1, 0.15) is 40.1 Å². The van der Waals surface area contributed by atoms with Gasteiger partial charge in [0.15, 0.2) is 0 Å². The number of nitrogens with zero attached hydrogens (tertiary/aromatic N) is 3. The van der Waals surface area contributed by atoms with Gasteiger partial charge in [-0.05, 0) is 32.9 Å². The fourth-order valence-corrected chi connectivity index (χ4v) is 2.94. The van der Waals surface area contributed by atoms with E-state index >= 15 is 0 Å². The standard InChI is InChI=1S/C14H21N3O3S/c1-3-20-14(19)12-15-11(10-21-12)13(18)16(2)8-9-17-6-4-5-7-17/h10H,3-9H2,1-2H3. The number of likely N-dealkylation sites (tertiary alicyclic amines) is 1. The summed E-state index contributed by atoms with van der Waals surface area (Å²) in [6.45, 7) is 5.83. The fourth-order valence-electron chi connectivity index (χ4n) is 2.25. The number of esters is 1. The number of hydrogen-bond acceptors (Lipinski definition) is 6. The summed E-state index contributed by atoms with van der Waals surface area (Å²) in [5.74, 6) is -0.623. The van der Waals surface area contributed by atoms with E-state index in [-0.39, 0.29) is 10.9 Å². The molecule has 1 aliphatic rings. The number of ether oxygens (including phenoxy) is 1. The predicted octanol–water partition coefficient (Wildman–Crippen LogP) is 1.49. The molecule has 0 aromatic carbocycles. The molecule has 116 valence electrons. The van der Waals surface area contributed by atoms with Crippen LogP contribution in [0.25, 0.3) is 0 Å². The molecule has 1 aromatic heterocycles. The number of carbonyl (C=O) groups is 2. The molecular formula is C14H21N3O3S. The minimum absolute atomic E-state index is 0.152. The van der Waals surface area contributed by atoms with Crippen LogP contribution in [0.2, 0.25) is 0 Å². The molecule has 0 bridgehead atoms. The van der Waals surface area contributed by atoms with Crippen LogP contribution in [0.15, 0.2) is 5.38 Å². The van der Waals surface area contributed by atoms with Crippen LogP contribution >= 0.6 is 11.3 Å². The first kappa shape index (κ1) is 15.9. The average molecular weight is 311 g/mol. The molecule has 1 aliphatic heterocycles. The average Bonchev–Trinajstić information content (AvgIpc) is 3.15. The van der Waals surface area contributed by atoms with Crippen molar-refractivity contribution in [2.45, 2.75) is 19.8 Å². The number of likely N-dealkylation sites (N-methyl/N-ethyl adjacent to an activating group) is 1. The summed E-state index contributed by atoms with van der Waals surface area (Å²) in [6, 6.07) is 0. The topological polar surface area (TPSA) is 62.7 Å². The molecular weight excluding hydrogens is 290 g/mol. The highest BCUT2D eigenvalue weighted by atomic mass is 32.1. The van der Waals surface area contributed by atoms with E-state index in [2.05, 4.69) is 9.88 Å². The van der Waals surface area contributed by atoms with E-state index in [4.69, 9.17) is 4.74 Å². The molecule has 2 rings (SSSR count). The summed E-state index contributed by atoms with van der Waals surface area (Å²) >= 11 is 1.14. The maximum atomic E-state index is 12.2. The third-order valence-electron chi connectivity index (χ3n) is 3.47. The number of aromatic nitrogens is 1. The van der Waals surface area contributed by atoms with Crippen LogP contribution in [0.5, 0.6) is 0 Å². The lowest BCUT2D eigenvalue weighted by molar-refractivity contribution is 0.0526. The zero-order chi connectivity index (χ0) is 15.2. The van der Waals surface area contributed by atoms with Gasteiger partial charge in [0, 0.05) is 25.5 Å². The van der Waals surface area contributed by atoms with Gasteiger partial charge in [0.2, 0.25) is 5.01 Å². The molecule has 0 atom stereocenters. The summed E-state index contributed by atoms with van der Waals surface area (Å²) in [5, 5.41) is 1.84. The van der Waals surface area contributed by atoms with Crippen LogP contribution in [0.4, 0.5) is 0 Å². The molecule has 0 unspecified atom stereocenters. The van der Waals surface area contributed by atoms with Gasteiger partial charge < -0.3 is 14.5 Å². The fraction of sp³-hybridized carbons (Fsp3) is 0.643. The summed E-state index contributed by atoms with van der Waals surface area (Å²) in [5.41, 5.74) is 0.312. The third-order valence-corrected chi connectivity index (χ3v) is 4.29. The summed E-state index contributed by atoms with van der Waals surface area (Å²) < 4.78 is 4.87. The molecule has 0 aliphatic carbocycles. The van der Waals surface area contributed by atoms with Gasteiger partial charge in [-0.3, -0.25) is 4.79 Å². The van der Waals surface area contributed by atoms with Crippen molar-refractivity contribution in [3.63, 3.8) is 0 Å². The van der Waals surface area contributed by atoms with Crippen molar-refractivity contribution in [1.29, 1.82) is 0 Å². The maximum absolute atomic E-state index is 12.2. The second kappa shape index (κ2) is 7.51. The summed E-state index contributed by atoms with van der Waals surface area (Å²) in [7, 11) is 1.77. The number of hydrogen-bond donors (Lipinski definition) is 0. The third kappa shape index (κ3) is 4.25. The van der Waals surface area contributed by atoms with Gasteiger partial charge >= 0.3 is 5.97 Å². The molecule has 2 heterocycles. The van der Waals surface area contributed by atoms with Crippen molar-refractivity contribution in [2.75, 3.05) is 39.8 Å². The van der Waals surface area contributed by atoms with Crippen molar-refractivity contribution in [3.05, 3.63) is 16.1 Å².